The second-order valence-electron chi connectivity index (χ2n) is 6.18. The van der Waals surface area contributed by atoms with Gasteiger partial charge in [0.25, 0.3) is 5.91 Å². The van der Waals surface area contributed by atoms with E-state index in [0.29, 0.717) is 12.3 Å². The second-order valence-corrected chi connectivity index (χ2v) is 6.18. The number of hydrogen-bond donors (Lipinski definition) is 3. The van der Waals surface area contributed by atoms with Crippen LogP contribution >= 0.6 is 0 Å². The fourth-order valence-electron chi connectivity index (χ4n) is 3.08. The molecule has 3 rings (SSSR count). The van der Waals surface area contributed by atoms with Gasteiger partial charge in [-0.05, 0) is 36.4 Å². The number of carbonyl (C=O) groups is 1. The zero-order chi connectivity index (χ0) is 17.6. The topological polar surface area (TPSA) is 66.2 Å². The molecule has 0 atom stereocenters. The van der Waals surface area contributed by atoms with Crippen molar-refractivity contribution in [1.82, 2.24) is 0 Å². The summed E-state index contributed by atoms with van der Waals surface area (Å²) in [5.41, 5.74) is 1.64. The number of benzene rings is 2. The van der Waals surface area contributed by atoms with Crippen LogP contribution in [-0.4, -0.2) is 50.8 Å². The van der Waals surface area contributed by atoms with E-state index >= 15 is 0 Å². The molecule has 1 heterocycles. The summed E-state index contributed by atoms with van der Waals surface area (Å²) in [5, 5.41) is 12.9. The highest BCUT2D eigenvalue weighted by atomic mass is 16.5. The number of methoxy groups -OCH3 is 1. The average molecular weight is 342 g/mol. The van der Waals surface area contributed by atoms with E-state index in [1.807, 2.05) is 42.5 Å². The molecule has 0 unspecified atom stereocenters. The maximum absolute atomic E-state index is 12.2. The SMILES string of the molecule is COc1ccc(NC(=O)C[NH+]2CCN(c3ccccc3O)CC2)cc1. The lowest BCUT2D eigenvalue weighted by atomic mass is 10.2. The monoisotopic (exact) mass is 342 g/mol. The van der Waals surface area contributed by atoms with Crippen molar-refractivity contribution < 1.29 is 19.5 Å². The summed E-state index contributed by atoms with van der Waals surface area (Å²) in [7, 11) is 1.62. The van der Waals surface area contributed by atoms with Gasteiger partial charge in [-0.15, -0.1) is 0 Å². The minimum absolute atomic E-state index is 0.0103. The maximum Gasteiger partial charge on any atom is 0.279 e. The third-order valence-corrected chi connectivity index (χ3v) is 4.48. The summed E-state index contributed by atoms with van der Waals surface area (Å²) >= 11 is 0. The molecule has 0 spiro atoms. The normalized spacial score (nSPS) is 15.0. The molecule has 0 radical (unpaired) electrons. The van der Waals surface area contributed by atoms with E-state index in [0.717, 1.165) is 43.3 Å². The Kier molecular flexibility index (Phi) is 5.40. The smallest absolute Gasteiger partial charge is 0.279 e. The van der Waals surface area contributed by atoms with Crippen molar-refractivity contribution in [2.45, 2.75) is 0 Å². The number of phenols is 1. The van der Waals surface area contributed by atoms with Gasteiger partial charge in [-0.2, -0.15) is 0 Å². The lowest BCUT2D eigenvalue weighted by Gasteiger charge is -2.33. The van der Waals surface area contributed by atoms with Crippen molar-refractivity contribution in [2.24, 2.45) is 0 Å². The van der Waals surface area contributed by atoms with Crippen molar-refractivity contribution in [2.75, 3.05) is 50.1 Å². The summed E-state index contributed by atoms with van der Waals surface area (Å²) in [6.07, 6.45) is 0. The Morgan fingerprint density at radius 1 is 1.16 bits per heavy atom. The molecule has 132 valence electrons. The summed E-state index contributed by atoms with van der Waals surface area (Å²) in [6.45, 7) is 3.82. The third kappa shape index (κ3) is 4.42. The number of para-hydroxylation sites is 2. The van der Waals surface area contributed by atoms with Crippen LogP contribution in [0.5, 0.6) is 11.5 Å². The number of carbonyl (C=O) groups excluding carboxylic acids is 1. The molecule has 1 aliphatic heterocycles. The molecule has 1 amide bonds. The number of quaternary nitrogens is 1. The number of aromatic hydroxyl groups is 1. The van der Waals surface area contributed by atoms with Gasteiger partial charge in [0.05, 0.1) is 39.0 Å². The van der Waals surface area contributed by atoms with Crippen LogP contribution in [0.3, 0.4) is 0 Å². The van der Waals surface area contributed by atoms with Gasteiger partial charge >= 0.3 is 0 Å². The number of amides is 1. The first-order chi connectivity index (χ1) is 12.2. The van der Waals surface area contributed by atoms with Gasteiger partial charge < -0.3 is 25.0 Å². The van der Waals surface area contributed by atoms with E-state index in [-0.39, 0.29) is 5.91 Å². The quantitative estimate of drug-likeness (QED) is 0.750. The van der Waals surface area contributed by atoms with Crippen molar-refractivity contribution in [3.05, 3.63) is 48.5 Å². The molecular formula is C19H24N3O3+. The summed E-state index contributed by atoms with van der Waals surface area (Å²) < 4.78 is 5.11. The molecule has 2 aromatic carbocycles. The average Bonchev–Trinajstić information content (AvgIpc) is 2.63. The highest BCUT2D eigenvalue weighted by Crippen LogP contribution is 2.25. The van der Waals surface area contributed by atoms with Gasteiger partial charge in [-0.3, -0.25) is 4.79 Å². The van der Waals surface area contributed by atoms with E-state index < -0.39 is 0 Å². The number of phenolic OH excluding ortho intramolecular Hbond substituents is 1. The Morgan fingerprint density at radius 2 is 1.84 bits per heavy atom. The largest absolute Gasteiger partial charge is 0.506 e. The second kappa shape index (κ2) is 7.90. The van der Waals surface area contributed by atoms with Gasteiger partial charge in [0, 0.05) is 5.69 Å². The summed E-state index contributed by atoms with van der Waals surface area (Å²) in [6, 6.07) is 14.7. The molecule has 0 saturated carbocycles. The lowest BCUT2D eigenvalue weighted by Crippen LogP contribution is -3.15. The van der Waals surface area contributed by atoms with Gasteiger partial charge in [-0.25, -0.2) is 0 Å². The first-order valence-corrected chi connectivity index (χ1v) is 8.46. The standard InChI is InChI=1S/C19H23N3O3/c1-25-16-8-6-15(7-9-16)20-19(24)14-21-10-12-22(13-11-21)17-4-2-3-5-18(17)23/h2-9,23H,10-14H2,1H3,(H,20,24)/p+1. The van der Waals surface area contributed by atoms with Crippen LogP contribution in [0.1, 0.15) is 0 Å². The Morgan fingerprint density at radius 3 is 2.48 bits per heavy atom. The van der Waals surface area contributed by atoms with Crippen LogP contribution in [0, 0.1) is 0 Å². The van der Waals surface area contributed by atoms with Crippen molar-refractivity contribution in [3.8, 4) is 11.5 Å². The van der Waals surface area contributed by atoms with Crippen molar-refractivity contribution in [3.63, 3.8) is 0 Å². The highest BCUT2D eigenvalue weighted by molar-refractivity contribution is 5.91. The molecule has 0 aromatic heterocycles. The number of ether oxygens (including phenoxy) is 1. The van der Waals surface area contributed by atoms with E-state index in [1.165, 1.54) is 4.90 Å². The highest BCUT2D eigenvalue weighted by Gasteiger charge is 2.23. The van der Waals surface area contributed by atoms with Crippen LogP contribution in [0.25, 0.3) is 0 Å². The van der Waals surface area contributed by atoms with E-state index in [9.17, 15) is 9.90 Å². The third-order valence-electron chi connectivity index (χ3n) is 4.48. The molecule has 1 fully saturated rings. The lowest BCUT2D eigenvalue weighted by molar-refractivity contribution is -0.892. The summed E-state index contributed by atoms with van der Waals surface area (Å²) in [5.74, 6) is 1.09. The zero-order valence-electron chi connectivity index (χ0n) is 14.4. The van der Waals surface area contributed by atoms with Crippen LogP contribution in [0.4, 0.5) is 11.4 Å². The number of rotatable bonds is 5. The van der Waals surface area contributed by atoms with Gasteiger partial charge in [0.15, 0.2) is 6.54 Å². The van der Waals surface area contributed by atoms with Crippen LogP contribution < -0.4 is 19.9 Å². The first kappa shape index (κ1) is 17.1. The van der Waals surface area contributed by atoms with E-state index in [1.54, 1.807) is 13.2 Å². The Hall–Kier alpha value is -2.73. The molecule has 0 aliphatic carbocycles. The number of nitrogens with zero attached hydrogens (tertiary/aromatic N) is 1. The maximum atomic E-state index is 12.2. The predicted molar refractivity (Wildman–Crippen MR) is 97.5 cm³/mol. The molecular weight excluding hydrogens is 318 g/mol. The molecule has 25 heavy (non-hydrogen) atoms. The van der Waals surface area contributed by atoms with Gasteiger partial charge in [0.2, 0.25) is 0 Å². The number of piperazine rings is 1. The summed E-state index contributed by atoms with van der Waals surface area (Å²) in [4.78, 5) is 15.6. The first-order valence-electron chi connectivity index (χ1n) is 8.46. The number of anilines is 2. The molecule has 2 aromatic rings. The number of nitrogens with one attached hydrogen (secondary N) is 2. The van der Waals surface area contributed by atoms with Crippen LogP contribution in [0.15, 0.2) is 48.5 Å². The van der Waals surface area contributed by atoms with E-state index in [4.69, 9.17) is 4.74 Å². The Balaban J connectivity index is 1.48. The van der Waals surface area contributed by atoms with Crippen molar-refractivity contribution in [1.29, 1.82) is 0 Å². The van der Waals surface area contributed by atoms with E-state index in [2.05, 4.69) is 10.2 Å². The van der Waals surface area contributed by atoms with Gasteiger partial charge in [0.1, 0.15) is 11.5 Å². The Bertz CT molecular complexity index is 710. The molecule has 1 saturated heterocycles. The molecule has 6 nitrogen and oxygen atoms in total. The molecule has 6 heteroatoms. The Labute approximate surface area is 147 Å². The van der Waals surface area contributed by atoms with Crippen LogP contribution in [0.2, 0.25) is 0 Å². The minimum atomic E-state index is 0.0103. The molecule has 1 aliphatic rings. The minimum Gasteiger partial charge on any atom is -0.506 e. The zero-order valence-corrected chi connectivity index (χ0v) is 14.4. The van der Waals surface area contributed by atoms with Crippen LogP contribution in [-0.2, 0) is 4.79 Å². The fourth-order valence-corrected chi connectivity index (χ4v) is 3.08. The number of hydrogen-bond acceptors (Lipinski definition) is 4. The fraction of sp³-hybridized carbons (Fsp3) is 0.316. The van der Waals surface area contributed by atoms with Crippen molar-refractivity contribution >= 4 is 17.3 Å². The molecule has 0 bridgehead atoms. The predicted octanol–water partition coefficient (Wildman–Crippen LogP) is 0.744. The van der Waals surface area contributed by atoms with Gasteiger partial charge in [-0.1, -0.05) is 12.1 Å². The molecule has 3 N–H and O–H groups in total.